The number of benzene rings is 1. The van der Waals surface area contributed by atoms with Gasteiger partial charge in [-0.25, -0.2) is 0 Å². The van der Waals surface area contributed by atoms with Crippen molar-refractivity contribution >= 4 is 17.3 Å². The molecule has 2 nitrogen and oxygen atoms in total. The van der Waals surface area contributed by atoms with Crippen LogP contribution in [0.15, 0.2) is 29.4 Å². The van der Waals surface area contributed by atoms with Crippen molar-refractivity contribution in [3.05, 3.63) is 34.9 Å². The van der Waals surface area contributed by atoms with E-state index in [-0.39, 0.29) is 0 Å². The van der Waals surface area contributed by atoms with Gasteiger partial charge in [0.1, 0.15) is 7.11 Å². The van der Waals surface area contributed by atoms with Crippen LogP contribution in [0.5, 0.6) is 0 Å². The first kappa shape index (κ1) is 10.5. The molecule has 0 aromatic heterocycles. The van der Waals surface area contributed by atoms with Gasteiger partial charge in [-0.2, -0.15) is 0 Å². The second-order valence-electron chi connectivity index (χ2n) is 3.89. The summed E-state index contributed by atoms with van der Waals surface area (Å²) in [4.78, 5) is 4.77. The van der Waals surface area contributed by atoms with Gasteiger partial charge in [0.25, 0.3) is 0 Å². The van der Waals surface area contributed by atoms with Crippen molar-refractivity contribution in [2.75, 3.05) is 7.11 Å². The van der Waals surface area contributed by atoms with E-state index in [2.05, 4.69) is 11.2 Å². The third-order valence-corrected chi connectivity index (χ3v) is 3.21. The molecule has 2 atom stereocenters. The fourth-order valence-corrected chi connectivity index (χ4v) is 2.26. The fourth-order valence-electron chi connectivity index (χ4n) is 1.99. The lowest BCUT2D eigenvalue weighted by atomic mass is 10.1. The topological polar surface area (TPSA) is 21.6 Å². The highest BCUT2D eigenvalue weighted by Gasteiger charge is 2.41. The predicted molar refractivity (Wildman–Crippen MR) is 62.4 cm³/mol. The van der Waals surface area contributed by atoms with Crippen LogP contribution in [0.1, 0.15) is 24.8 Å². The summed E-state index contributed by atoms with van der Waals surface area (Å²) in [5, 5.41) is 4.82. The molecule has 0 bridgehead atoms. The van der Waals surface area contributed by atoms with E-state index in [1.165, 1.54) is 5.56 Å². The SMILES string of the molecule is CO/N=C(\C)C1CC1c1ccccc1Cl. The maximum atomic E-state index is 6.14. The van der Waals surface area contributed by atoms with E-state index in [9.17, 15) is 0 Å². The summed E-state index contributed by atoms with van der Waals surface area (Å²) >= 11 is 6.14. The Bertz CT molecular complexity index is 389. The number of rotatable bonds is 3. The molecule has 1 aromatic rings. The van der Waals surface area contributed by atoms with Crippen LogP contribution in [0.2, 0.25) is 5.02 Å². The number of hydrogen-bond donors (Lipinski definition) is 0. The number of halogens is 1. The molecule has 0 radical (unpaired) electrons. The zero-order chi connectivity index (χ0) is 10.8. The van der Waals surface area contributed by atoms with Gasteiger partial charge in [0.05, 0.1) is 5.71 Å². The average molecular weight is 224 g/mol. The molecule has 80 valence electrons. The summed E-state index contributed by atoms with van der Waals surface area (Å²) in [7, 11) is 1.58. The largest absolute Gasteiger partial charge is 0.399 e. The molecule has 1 aromatic carbocycles. The zero-order valence-electron chi connectivity index (χ0n) is 8.90. The van der Waals surface area contributed by atoms with Gasteiger partial charge in [0.2, 0.25) is 0 Å². The van der Waals surface area contributed by atoms with Crippen molar-refractivity contribution < 1.29 is 4.84 Å². The molecule has 1 aliphatic rings. The van der Waals surface area contributed by atoms with Crippen molar-refractivity contribution in [3.63, 3.8) is 0 Å². The van der Waals surface area contributed by atoms with Crippen LogP contribution in [-0.4, -0.2) is 12.8 Å². The van der Waals surface area contributed by atoms with E-state index in [0.29, 0.717) is 11.8 Å². The molecule has 0 amide bonds. The van der Waals surface area contributed by atoms with Crippen LogP contribution in [0.3, 0.4) is 0 Å². The maximum absolute atomic E-state index is 6.14. The molecule has 1 saturated carbocycles. The molecular weight excluding hydrogens is 210 g/mol. The predicted octanol–water partition coefficient (Wildman–Crippen LogP) is 3.47. The Labute approximate surface area is 94.9 Å². The van der Waals surface area contributed by atoms with Gasteiger partial charge in [0, 0.05) is 10.9 Å². The number of oxime groups is 1. The standard InChI is InChI=1S/C12H14ClNO/c1-8(14-15-2)10-7-11(10)9-5-3-4-6-12(9)13/h3-6,10-11H,7H2,1-2H3/b14-8+. The molecule has 3 heteroatoms. The van der Waals surface area contributed by atoms with Gasteiger partial charge in [-0.15, -0.1) is 0 Å². The lowest BCUT2D eigenvalue weighted by Gasteiger charge is -2.02. The van der Waals surface area contributed by atoms with Crippen molar-refractivity contribution in [1.29, 1.82) is 0 Å². The normalized spacial score (nSPS) is 25.1. The van der Waals surface area contributed by atoms with Crippen molar-refractivity contribution in [2.45, 2.75) is 19.3 Å². The second kappa shape index (κ2) is 4.23. The summed E-state index contributed by atoms with van der Waals surface area (Å²) in [6.45, 7) is 2.00. The first-order valence-electron chi connectivity index (χ1n) is 5.06. The fraction of sp³-hybridized carbons (Fsp3) is 0.417. The minimum absolute atomic E-state index is 0.504. The third-order valence-electron chi connectivity index (χ3n) is 2.87. The molecule has 0 heterocycles. The highest BCUT2D eigenvalue weighted by atomic mass is 35.5. The van der Waals surface area contributed by atoms with E-state index in [4.69, 9.17) is 16.4 Å². The lowest BCUT2D eigenvalue weighted by molar-refractivity contribution is 0.212. The summed E-state index contributed by atoms with van der Waals surface area (Å²) in [6, 6.07) is 8.01. The zero-order valence-corrected chi connectivity index (χ0v) is 9.66. The summed E-state index contributed by atoms with van der Waals surface area (Å²) in [5.41, 5.74) is 2.29. The van der Waals surface area contributed by atoms with Crippen LogP contribution in [0.25, 0.3) is 0 Å². The lowest BCUT2D eigenvalue weighted by Crippen LogP contribution is -1.97. The monoisotopic (exact) mass is 223 g/mol. The Morgan fingerprint density at radius 3 is 2.87 bits per heavy atom. The minimum Gasteiger partial charge on any atom is -0.399 e. The van der Waals surface area contributed by atoms with E-state index >= 15 is 0 Å². The van der Waals surface area contributed by atoms with Crippen LogP contribution < -0.4 is 0 Å². The van der Waals surface area contributed by atoms with E-state index in [1.54, 1.807) is 7.11 Å². The minimum atomic E-state index is 0.504. The molecule has 0 spiro atoms. The summed E-state index contributed by atoms with van der Waals surface area (Å²) in [5.74, 6) is 1.03. The third kappa shape index (κ3) is 2.15. The number of nitrogens with zero attached hydrogens (tertiary/aromatic N) is 1. The molecule has 2 unspecified atom stereocenters. The Balaban J connectivity index is 2.11. The van der Waals surface area contributed by atoms with Gasteiger partial charge in [0.15, 0.2) is 0 Å². The average Bonchev–Trinajstić information content (AvgIpc) is 2.98. The van der Waals surface area contributed by atoms with Crippen molar-refractivity contribution in [3.8, 4) is 0 Å². The first-order valence-corrected chi connectivity index (χ1v) is 5.44. The van der Waals surface area contributed by atoms with E-state index in [1.807, 2.05) is 25.1 Å². The van der Waals surface area contributed by atoms with Crippen LogP contribution in [0, 0.1) is 5.92 Å². The first-order chi connectivity index (χ1) is 7.24. The molecule has 0 saturated heterocycles. The molecule has 15 heavy (non-hydrogen) atoms. The van der Waals surface area contributed by atoms with Gasteiger partial charge in [-0.1, -0.05) is 35.0 Å². The molecule has 0 N–H and O–H groups in total. The van der Waals surface area contributed by atoms with Crippen LogP contribution in [0.4, 0.5) is 0 Å². The molecule has 0 aliphatic heterocycles. The van der Waals surface area contributed by atoms with Crippen LogP contribution >= 0.6 is 11.6 Å². The van der Waals surface area contributed by atoms with Gasteiger partial charge >= 0.3 is 0 Å². The van der Waals surface area contributed by atoms with Crippen molar-refractivity contribution in [2.24, 2.45) is 11.1 Å². The quantitative estimate of drug-likeness (QED) is 0.568. The molecule has 1 aliphatic carbocycles. The molecule has 2 rings (SSSR count). The Morgan fingerprint density at radius 2 is 2.20 bits per heavy atom. The highest BCUT2D eigenvalue weighted by molar-refractivity contribution is 6.31. The molecular formula is C12H14ClNO. The summed E-state index contributed by atoms with van der Waals surface area (Å²) < 4.78 is 0. The van der Waals surface area contributed by atoms with E-state index in [0.717, 1.165) is 17.2 Å². The second-order valence-corrected chi connectivity index (χ2v) is 4.29. The van der Waals surface area contributed by atoms with Crippen LogP contribution in [-0.2, 0) is 4.84 Å². The highest BCUT2D eigenvalue weighted by Crippen LogP contribution is 2.50. The molecule has 1 fully saturated rings. The Kier molecular flexibility index (Phi) is 2.96. The smallest absolute Gasteiger partial charge is 0.106 e. The Morgan fingerprint density at radius 1 is 1.47 bits per heavy atom. The van der Waals surface area contributed by atoms with E-state index < -0.39 is 0 Å². The Hall–Kier alpha value is -1.02. The van der Waals surface area contributed by atoms with Gasteiger partial charge < -0.3 is 4.84 Å². The maximum Gasteiger partial charge on any atom is 0.106 e. The van der Waals surface area contributed by atoms with Gasteiger partial charge in [-0.05, 0) is 30.9 Å². The number of hydrogen-bond acceptors (Lipinski definition) is 2. The van der Waals surface area contributed by atoms with Crippen molar-refractivity contribution in [1.82, 2.24) is 0 Å². The van der Waals surface area contributed by atoms with Gasteiger partial charge in [-0.3, -0.25) is 0 Å². The summed E-state index contributed by atoms with van der Waals surface area (Å²) in [6.07, 6.45) is 1.13.